The van der Waals surface area contributed by atoms with Crippen LogP contribution in [-0.4, -0.2) is 11.7 Å². The van der Waals surface area contributed by atoms with E-state index in [2.05, 4.69) is 19.1 Å². The van der Waals surface area contributed by atoms with Gasteiger partial charge in [-0.25, -0.2) is 0 Å². The molecule has 0 amide bonds. The predicted molar refractivity (Wildman–Crippen MR) is 63.5 cm³/mol. The van der Waals surface area contributed by atoms with Crippen molar-refractivity contribution in [3.8, 4) is 0 Å². The Kier molecular flexibility index (Phi) is 12.4. The Balaban J connectivity index is 2.94. The number of allylic oxidation sites excluding steroid dienone is 2. The van der Waals surface area contributed by atoms with Crippen molar-refractivity contribution in [1.82, 2.24) is 0 Å². The second-order valence-corrected chi connectivity index (χ2v) is 3.89. The van der Waals surface area contributed by atoms with Gasteiger partial charge >= 0.3 is 0 Å². The van der Waals surface area contributed by atoms with Crippen molar-refractivity contribution in [2.24, 2.45) is 0 Å². The van der Waals surface area contributed by atoms with Gasteiger partial charge in [-0.15, -0.1) is 0 Å². The summed E-state index contributed by atoms with van der Waals surface area (Å²) in [6, 6.07) is 0. The number of aliphatic hydroxyl groups is 1. The van der Waals surface area contributed by atoms with Crippen molar-refractivity contribution >= 4 is 0 Å². The molecule has 0 heterocycles. The largest absolute Gasteiger partial charge is 0.396 e. The summed E-state index contributed by atoms with van der Waals surface area (Å²) in [5, 5.41) is 8.58. The molecule has 0 atom stereocenters. The summed E-state index contributed by atoms with van der Waals surface area (Å²) in [6.07, 6.45) is 15.8. The first-order chi connectivity index (χ1) is 6.91. The van der Waals surface area contributed by atoms with Crippen LogP contribution in [0.25, 0.3) is 0 Å². The smallest absolute Gasteiger partial charge is 0.0431 e. The molecule has 0 aromatic heterocycles. The molecule has 0 spiro atoms. The van der Waals surface area contributed by atoms with E-state index < -0.39 is 0 Å². The maximum atomic E-state index is 8.58. The van der Waals surface area contributed by atoms with Crippen LogP contribution in [0, 0.1) is 0 Å². The van der Waals surface area contributed by atoms with Gasteiger partial charge in [-0.05, 0) is 25.7 Å². The Morgan fingerprint density at radius 1 is 0.786 bits per heavy atom. The Morgan fingerprint density at radius 2 is 1.36 bits per heavy atom. The number of hydrogen-bond donors (Lipinski definition) is 1. The third-order valence-electron chi connectivity index (χ3n) is 2.42. The summed E-state index contributed by atoms with van der Waals surface area (Å²) in [4.78, 5) is 0. The molecule has 0 radical (unpaired) electrons. The van der Waals surface area contributed by atoms with Crippen molar-refractivity contribution in [2.75, 3.05) is 6.61 Å². The zero-order valence-electron chi connectivity index (χ0n) is 9.67. The molecule has 1 heteroatoms. The van der Waals surface area contributed by atoms with Crippen LogP contribution in [0.1, 0.15) is 64.7 Å². The van der Waals surface area contributed by atoms with Crippen LogP contribution in [0.5, 0.6) is 0 Å². The highest BCUT2D eigenvalue weighted by molar-refractivity contribution is 4.80. The molecule has 1 nitrogen and oxygen atoms in total. The molecule has 0 fully saturated rings. The van der Waals surface area contributed by atoms with Crippen LogP contribution in [-0.2, 0) is 0 Å². The molecule has 84 valence electrons. The Labute approximate surface area is 89.2 Å². The Hall–Kier alpha value is -0.300. The molecule has 0 aromatic carbocycles. The minimum absolute atomic E-state index is 0.358. The summed E-state index contributed by atoms with van der Waals surface area (Å²) in [6.45, 7) is 2.59. The van der Waals surface area contributed by atoms with Gasteiger partial charge in [-0.3, -0.25) is 0 Å². The predicted octanol–water partition coefficient (Wildman–Crippen LogP) is 4.07. The van der Waals surface area contributed by atoms with Gasteiger partial charge in [0, 0.05) is 6.61 Å². The van der Waals surface area contributed by atoms with E-state index in [4.69, 9.17) is 5.11 Å². The molecule has 0 rings (SSSR count). The van der Waals surface area contributed by atoms with Crippen LogP contribution in [0.15, 0.2) is 12.2 Å². The van der Waals surface area contributed by atoms with Crippen molar-refractivity contribution < 1.29 is 5.11 Å². The SMILES string of the molecule is CCCC/C=C/CCCCCCCO. The fourth-order valence-corrected chi connectivity index (χ4v) is 1.46. The lowest BCUT2D eigenvalue weighted by molar-refractivity contribution is 0.282. The van der Waals surface area contributed by atoms with Gasteiger partial charge in [0.15, 0.2) is 0 Å². The van der Waals surface area contributed by atoms with Crippen LogP contribution in [0.2, 0.25) is 0 Å². The van der Waals surface area contributed by atoms with Gasteiger partial charge in [0.1, 0.15) is 0 Å². The van der Waals surface area contributed by atoms with E-state index >= 15 is 0 Å². The minimum Gasteiger partial charge on any atom is -0.396 e. The van der Waals surface area contributed by atoms with Crippen molar-refractivity contribution in [3.05, 3.63) is 12.2 Å². The molecule has 0 aromatic rings. The lowest BCUT2D eigenvalue weighted by atomic mass is 10.1. The molecule has 14 heavy (non-hydrogen) atoms. The van der Waals surface area contributed by atoms with E-state index in [9.17, 15) is 0 Å². The maximum Gasteiger partial charge on any atom is 0.0431 e. The van der Waals surface area contributed by atoms with Crippen molar-refractivity contribution in [1.29, 1.82) is 0 Å². The lowest BCUT2D eigenvalue weighted by Crippen LogP contribution is -1.83. The fourth-order valence-electron chi connectivity index (χ4n) is 1.46. The van der Waals surface area contributed by atoms with Crippen LogP contribution >= 0.6 is 0 Å². The van der Waals surface area contributed by atoms with Gasteiger partial charge in [-0.1, -0.05) is 51.2 Å². The molecular formula is C13H26O. The van der Waals surface area contributed by atoms with E-state index in [1.54, 1.807) is 0 Å². The molecule has 0 aliphatic carbocycles. The molecule has 0 bridgehead atoms. The van der Waals surface area contributed by atoms with Gasteiger partial charge in [0.2, 0.25) is 0 Å². The maximum absolute atomic E-state index is 8.58. The minimum atomic E-state index is 0.358. The second kappa shape index (κ2) is 12.7. The molecule has 0 saturated carbocycles. The third-order valence-corrected chi connectivity index (χ3v) is 2.42. The molecule has 0 saturated heterocycles. The van der Waals surface area contributed by atoms with Crippen molar-refractivity contribution in [3.63, 3.8) is 0 Å². The molecule has 1 N–H and O–H groups in total. The summed E-state index contributed by atoms with van der Waals surface area (Å²) in [5.74, 6) is 0. The van der Waals surface area contributed by atoms with Gasteiger partial charge < -0.3 is 5.11 Å². The summed E-state index contributed by atoms with van der Waals surface area (Å²) in [7, 11) is 0. The number of hydrogen-bond acceptors (Lipinski definition) is 1. The molecule has 0 aliphatic rings. The fraction of sp³-hybridized carbons (Fsp3) is 0.846. The third kappa shape index (κ3) is 11.7. The normalized spacial score (nSPS) is 11.3. The van der Waals surface area contributed by atoms with Gasteiger partial charge in [-0.2, -0.15) is 0 Å². The van der Waals surface area contributed by atoms with E-state index in [0.29, 0.717) is 6.61 Å². The van der Waals surface area contributed by atoms with Crippen molar-refractivity contribution in [2.45, 2.75) is 64.7 Å². The van der Waals surface area contributed by atoms with E-state index in [1.165, 1.54) is 51.4 Å². The average molecular weight is 198 g/mol. The average Bonchev–Trinajstić information content (AvgIpc) is 2.21. The number of aliphatic hydroxyl groups excluding tert-OH is 1. The van der Waals surface area contributed by atoms with Gasteiger partial charge in [0.05, 0.1) is 0 Å². The highest BCUT2D eigenvalue weighted by Gasteiger charge is 1.88. The second-order valence-electron chi connectivity index (χ2n) is 3.89. The molecule has 0 aliphatic heterocycles. The first-order valence-electron chi connectivity index (χ1n) is 6.17. The Bertz CT molecular complexity index is 118. The van der Waals surface area contributed by atoms with Gasteiger partial charge in [0.25, 0.3) is 0 Å². The standard InChI is InChI=1S/C13H26O/c1-2-3-4-5-6-7-8-9-10-11-12-13-14/h5-6,14H,2-4,7-13H2,1H3/b6-5+. The molecule has 0 unspecified atom stereocenters. The van der Waals surface area contributed by atoms with E-state index in [-0.39, 0.29) is 0 Å². The lowest BCUT2D eigenvalue weighted by Gasteiger charge is -1.97. The number of unbranched alkanes of at least 4 members (excludes halogenated alkanes) is 7. The first-order valence-corrected chi connectivity index (χ1v) is 6.17. The summed E-state index contributed by atoms with van der Waals surface area (Å²) >= 11 is 0. The summed E-state index contributed by atoms with van der Waals surface area (Å²) in [5.41, 5.74) is 0. The van der Waals surface area contributed by atoms with E-state index in [1.807, 2.05) is 0 Å². The first kappa shape index (κ1) is 13.7. The molecular weight excluding hydrogens is 172 g/mol. The van der Waals surface area contributed by atoms with Crippen LogP contribution < -0.4 is 0 Å². The number of rotatable bonds is 10. The topological polar surface area (TPSA) is 20.2 Å². The Morgan fingerprint density at radius 3 is 2.00 bits per heavy atom. The van der Waals surface area contributed by atoms with Crippen LogP contribution in [0.4, 0.5) is 0 Å². The van der Waals surface area contributed by atoms with Crippen LogP contribution in [0.3, 0.4) is 0 Å². The zero-order chi connectivity index (χ0) is 10.5. The zero-order valence-corrected chi connectivity index (χ0v) is 9.67. The monoisotopic (exact) mass is 198 g/mol. The van der Waals surface area contributed by atoms with E-state index in [0.717, 1.165) is 6.42 Å². The quantitative estimate of drug-likeness (QED) is 0.414. The highest BCUT2D eigenvalue weighted by Crippen LogP contribution is 2.06. The highest BCUT2D eigenvalue weighted by atomic mass is 16.2. The summed E-state index contributed by atoms with van der Waals surface area (Å²) < 4.78 is 0.